The van der Waals surface area contributed by atoms with Gasteiger partial charge in [0, 0.05) is 6.07 Å². The summed E-state index contributed by atoms with van der Waals surface area (Å²) in [7, 11) is 1.38. The zero-order chi connectivity index (χ0) is 31.5. The molecule has 0 unspecified atom stereocenters. The van der Waals surface area contributed by atoms with Crippen molar-refractivity contribution in [2.75, 3.05) is 13.7 Å². The van der Waals surface area contributed by atoms with E-state index in [1.54, 1.807) is 32.1 Å². The lowest BCUT2D eigenvalue weighted by molar-refractivity contribution is -0.394. The molecule has 0 bridgehead atoms. The number of esters is 1. The van der Waals surface area contributed by atoms with Gasteiger partial charge in [-0.05, 0) is 49.2 Å². The van der Waals surface area contributed by atoms with E-state index in [0.29, 0.717) is 20.6 Å². The number of aromatic nitrogens is 1. The standard InChI is InChI=1S/C30H24N4O9S/c1-4-42-29(36)26-17(2)31-30-32(27(26)19-8-6-5-7-9-19)28(35)25(44-30)15-18-10-12-23(24(14-18)41-3)43-22-13-11-20(33(37)38)16-21(22)34(39)40/h5-16,27H,4H2,1-3H3/b25-15+/t27-/m1/s1. The highest BCUT2D eigenvalue weighted by Crippen LogP contribution is 2.38. The largest absolute Gasteiger partial charge is 0.493 e. The molecule has 0 saturated heterocycles. The number of nitro benzene ring substituents is 2. The van der Waals surface area contributed by atoms with E-state index in [1.165, 1.54) is 17.7 Å². The van der Waals surface area contributed by atoms with Gasteiger partial charge in [-0.25, -0.2) is 9.79 Å². The van der Waals surface area contributed by atoms with Crippen molar-refractivity contribution in [1.82, 2.24) is 4.57 Å². The first-order valence-electron chi connectivity index (χ1n) is 13.2. The number of methoxy groups -OCH3 is 1. The molecule has 0 fully saturated rings. The van der Waals surface area contributed by atoms with Crippen molar-refractivity contribution < 1.29 is 28.9 Å². The molecule has 224 valence electrons. The van der Waals surface area contributed by atoms with E-state index in [2.05, 4.69) is 4.99 Å². The highest BCUT2D eigenvalue weighted by Gasteiger charge is 2.33. The van der Waals surface area contributed by atoms with Gasteiger partial charge >= 0.3 is 11.7 Å². The summed E-state index contributed by atoms with van der Waals surface area (Å²) in [5.41, 5.74) is 0.604. The monoisotopic (exact) mass is 616 g/mol. The van der Waals surface area contributed by atoms with Crippen molar-refractivity contribution in [3.05, 3.63) is 129 Å². The predicted molar refractivity (Wildman–Crippen MR) is 160 cm³/mol. The Kier molecular flexibility index (Phi) is 8.35. The van der Waals surface area contributed by atoms with Gasteiger partial charge in [0.15, 0.2) is 16.3 Å². The minimum absolute atomic E-state index is 0.113. The first-order valence-corrected chi connectivity index (χ1v) is 14.0. The molecule has 44 heavy (non-hydrogen) atoms. The second-order valence-corrected chi connectivity index (χ2v) is 10.4. The van der Waals surface area contributed by atoms with Crippen molar-refractivity contribution in [2.24, 2.45) is 4.99 Å². The molecule has 3 aromatic carbocycles. The molecule has 0 saturated carbocycles. The summed E-state index contributed by atoms with van der Waals surface area (Å²) in [6, 6.07) is 16.2. The number of hydrogen-bond acceptors (Lipinski definition) is 11. The lowest BCUT2D eigenvalue weighted by Crippen LogP contribution is -2.39. The quantitative estimate of drug-likeness (QED) is 0.150. The fraction of sp³-hybridized carbons (Fsp3) is 0.167. The zero-order valence-corrected chi connectivity index (χ0v) is 24.4. The second kappa shape index (κ2) is 12.3. The average molecular weight is 617 g/mol. The van der Waals surface area contributed by atoms with Crippen LogP contribution in [-0.4, -0.2) is 34.1 Å². The minimum atomic E-state index is -0.777. The van der Waals surface area contributed by atoms with Gasteiger partial charge in [0.05, 0.1) is 51.5 Å². The van der Waals surface area contributed by atoms with E-state index >= 15 is 0 Å². The summed E-state index contributed by atoms with van der Waals surface area (Å²) in [6.07, 6.45) is 1.63. The van der Waals surface area contributed by atoms with Gasteiger partial charge in [0.1, 0.15) is 0 Å². The Morgan fingerprint density at radius 1 is 1.02 bits per heavy atom. The highest BCUT2D eigenvalue weighted by molar-refractivity contribution is 7.07. The molecular formula is C30H24N4O9S. The molecule has 4 aromatic rings. The van der Waals surface area contributed by atoms with Crippen LogP contribution in [-0.2, 0) is 9.53 Å². The number of carbonyl (C=O) groups is 1. The number of allylic oxidation sites excluding steroid dienone is 1. The number of rotatable bonds is 9. The molecule has 0 radical (unpaired) electrons. The number of nitro groups is 2. The average Bonchev–Trinajstić information content (AvgIpc) is 3.31. The SMILES string of the molecule is CCOC(=O)C1=C(C)N=c2s/c(=C/c3ccc(Oc4ccc([N+](=O)[O-])cc4[N+](=O)[O-])c(OC)c3)c(=O)n2[C@@H]1c1ccccc1. The third-order valence-corrected chi connectivity index (χ3v) is 7.67. The predicted octanol–water partition coefficient (Wildman–Crippen LogP) is 4.42. The van der Waals surface area contributed by atoms with Gasteiger partial charge in [0.25, 0.3) is 11.2 Å². The van der Waals surface area contributed by atoms with E-state index in [0.717, 1.165) is 35.1 Å². The molecule has 0 amide bonds. The smallest absolute Gasteiger partial charge is 0.338 e. The van der Waals surface area contributed by atoms with Crippen LogP contribution in [0.1, 0.15) is 31.0 Å². The van der Waals surface area contributed by atoms with Gasteiger partial charge in [-0.2, -0.15) is 0 Å². The Labute approximate surface area is 252 Å². The van der Waals surface area contributed by atoms with Crippen LogP contribution in [0.4, 0.5) is 11.4 Å². The highest BCUT2D eigenvalue weighted by atomic mass is 32.1. The molecule has 1 aliphatic heterocycles. The number of nitrogens with zero attached hydrogens (tertiary/aromatic N) is 4. The third-order valence-electron chi connectivity index (χ3n) is 6.69. The topological polar surface area (TPSA) is 165 Å². The first-order chi connectivity index (χ1) is 21.1. The number of fused-ring (bicyclic) bond motifs is 1. The van der Waals surface area contributed by atoms with Gasteiger partial charge in [-0.15, -0.1) is 0 Å². The molecule has 2 heterocycles. The number of hydrogen-bond donors (Lipinski definition) is 0. The van der Waals surface area contributed by atoms with E-state index in [4.69, 9.17) is 14.2 Å². The lowest BCUT2D eigenvalue weighted by Gasteiger charge is -2.24. The summed E-state index contributed by atoms with van der Waals surface area (Å²) in [6.45, 7) is 3.58. The Balaban J connectivity index is 1.56. The van der Waals surface area contributed by atoms with Crippen LogP contribution in [0.2, 0.25) is 0 Å². The minimum Gasteiger partial charge on any atom is -0.493 e. The normalized spacial score (nSPS) is 14.4. The van der Waals surface area contributed by atoms with Crippen LogP contribution in [0, 0.1) is 20.2 Å². The van der Waals surface area contributed by atoms with Crippen molar-refractivity contribution in [2.45, 2.75) is 19.9 Å². The molecule has 5 rings (SSSR count). The molecule has 1 aliphatic rings. The Morgan fingerprint density at radius 3 is 2.41 bits per heavy atom. The Bertz CT molecular complexity index is 2020. The van der Waals surface area contributed by atoms with Crippen molar-refractivity contribution >= 4 is 34.8 Å². The third kappa shape index (κ3) is 5.70. The molecule has 1 aromatic heterocycles. The number of non-ortho nitro benzene ring substituents is 1. The van der Waals surface area contributed by atoms with Crippen molar-refractivity contribution in [1.29, 1.82) is 0 Å². The van der Waals surface area contributed by atoms with Gasteiger partial charge in [-0.3, -0.25) is 29.6 Å². The van der Waals surface area contributed by atoms with Crippen LogP contribution in [0.3, 0.4) is 0 Å². The lowest BCUT2D eigenvalue weighted by atomic mass is 9.96. The molecule has 1 atom stereocenters. The van der Waals surface area contributed by atoms with Crippen molar-refractivity contribution in [3.63, 3.8) is 0 Å². The van der Waals surface area contributed by atoms with Crippen LogP contribution in [0.25, 0.3) is 6.08 Å². The summed E-state index contributed by atoms with van der Waals surface area (Å²) < 4.78 is 18.3. The number of benzene rings is 3. The summed E-state index contributed by atoms with van der Waals surface area (Å²) in [4.78, 5) is 52.9. The van der Waals surface area contributed by atoms with E-state index in [9.17, 15) is 29.8 Å². The summed E-state index contributed by atoms with van der Waals surface area (Å²) in [5.74, 6) is -0.456. The van der Waals surface area contributed by atoms with E-state index in [-0.39, 0.29) is 35.0 Å². The number of carbonyl (C=O) groups excluding carboxylic acids is 1. The fourth-order valence-electron chi connectivity index (χ4n) is 4.72. The van der Waals surface area contributed by atoms with Gasteiger partial charge in [0.2, 0.25) is 5.75 Å². The van der Waals surface area contributed by atoms with Gasteiger partial charge in [-0.1, -0.05) is 47.7 Å². The first kappa shape index (κ1) is 29.8. The molecule has 0 N–H and O–H groups in total. The maximum atomic E-state index is 13.8. The zero-order valence-electron chi connectivity index (χ0n) is 23.6. The Morgan fingerprint density at radius 2 is 1.75 bits per heavy atom. The number of ether oxygens (including phenoxy) is 3. The van der Waals surface area contributed by atoms with Crippen molar-refractivity contribution in [3.8, 4) is 17.2 Å². The number of thiazole rings is 1. The molecule has 13 nitrogen and oxygen atoms in total. The maximum Gasteiger partial charge on any atom is 0.338 e. The van der Waals surface area contributed by atoms with E-state index in [1.807, 2.05) is 30.3 Å². The second-order valence-electron chi connectivity index (χ2n) is 9.39. The van der Waals surface area contributed by atoms with Crippen LogP contribution in [0.5, 0.6) is 17.2 Å². The summed E-state index contributed by atoms with van der Waals surface area (Å²) >= 11 is 1.16. The summed E-state index contributed by atoms with van der Waals surface area (Å²) in [5, 5.41) is 22.6. The van der Waals surface area contributed by atoms with Crippen LogP contribution in [0.15, 0.2) is 87.8 Å². The molecule has 0 aliphatic carbocycles. The molecular weight excluding hydrogens is 592 g/mol. The van der Waals surface area contributed by atoms with Crippen LogP contribution >= 0.6 is 11.3 Å². The molecule has 0 spiro atoms. The maximum absolute atomic E-state index is 13.8. The van der Waals surface area contributed by atoms with Crippen LogP contribution < -0.4 is 24.4 Å². The fourth-order valence-corrected chi connectivity index (χ4v) is 5.77. The Hall–Kier alpha value is -5.63. The molecule has 14 heteroatoms. The van der Waals surface area contributed by atoms with Gasteiger partial charge < -0.3 is 14.2 Å². The van der Waals surface area contributed by atoms with E-state index < -0.39 is 33.2 Å².